The molecular weight excluding hydrogens is 1200 g/mol. The molecule has 0 bridgehead atoms. The smallest absolute Gasteiger partial charge is 0.305 e. The van der Waals surface area contributed by atoms with Gasteiger partial charge in [-0.2, -0.15) is 0 Å². The maximum atomic E-state index is 12.6. The Balaban J connectivity index is 3.31. The van der Waals surface area contributed by atoms with Gasteiger partial charge in [-0.3, -0.25) is 9.59 Å². The summed E-state index contributed by atoms with van der Waals surface area (Å²) in [6, 6.07) is -0.539. The highest BCUT2D eigenvalue weighted by Crippen LogP contribution is 2.22. The van der Waals surface area contributed by atoms with E-state index < -0.39 is 12.1 Å². The second-order valence-electron chi connectivity index (χ2n) is 32.0. The molecule has 0 aromatic heterocycles. The van der Waals surface area contributed by atoms with E-state index in [0.29, 0.717) is 25.9 Å². The van der Waals surface area contributed by atoms with Gasteiger partial charge < -0.3 is 20.3 Å². The van der Waals surface area contributed by atoms with E-state index in [1.165, 1.54) is 469 Å². The molecule has 0 heterocycles. The van der Waals surface area contributed by atoms with Crippen LogP contribution in [-0.2, 0) is 14.3 Å². The van der Waals surface area contributed by atoms with Crippen molar-refractivity contribution in [3.05, 3.63) is 12.2 Å². The predicted molar refractivity (Wildman–Crippen MR) is 435 cm³/mol. The Bertz CT molecular complexity index is 1500. The number of hydrogen-bond acceptors (Lipinski definition) is 5. The third kappa shape index (κ3) is 83.5. The standard InChI is InChI=1S/C92H181NO5/c1-3-5-7-9-11-13-15-17-19-21-23-24-25-43-46-49-52-56-60-64-68-72-76-80-84-90(95)89(88-94)93-91(96)85-81-77-73-69-65-61-57-53-50-47-44-41-39-37-35-33-31-29-27-26-28-30-32-34-36-38-40-42-45-48-51-55-59-63-67-71-75-79-83-87-98-92(97)86-82-78-74-70-66-62-58-54-22-20-18-16-14-12-10-8-6-4-2/h26-27,89-90,94-95H,3-25,28-88H2,1-2H3,(H,93,96)/b27-26-. The number of nitrogens with one attached hydrogen (secondary N) is 1. The van der Waals surface area contributed by atoms with Crippen LogP contribution in [0, 0.1) is 0 Å². The number of carbonyl (C=O) groups is 2. The van der Waals surface area contributed by atoms with Crippen LogP contribution in [-0.4, -0.2) is 47.4 Å². The number of esters is 1. The zero-order valence-corrected chi connectivity index (χ0v) is 67.3. The molecule has 0 radical (unpaired) electrons. The minimum absolute atomic E-state index is 0.0237. The predicted octanol–water partition coefficient (Wildman–Crippen LogP) is 31.0. The Kier molecular flexibility index (Phi) is 86.7. The lowest BCUT2D eigenvalue weighted by Gasteiger charge is -2.22. The maximum Gasteiger partial charge on any atom is 0.305 e. The summed E-state index contributed by atoms with van der Waals surface area (Å²) in [6.07, 6.45) is 114. The van der Waals surface area contributed by atoms with E-state index in [2.05, 4.69) is 31.3 Å². The van der Waals surface area contributed by atoms with Crippen LogP contribution < -0.4 is 5.32 Å². The fourth-order valence-electron chi connectivity index (χ4n) is 15.1. The highest BCUT2D eigenvalue weighted by Gasteiger charge is 2.20. The lowest BCUT2D eigenvalue weighted by atomic mass is 10.0. The van der Waals surface area contributed by atoms with Gasteiger partial charge in [0.25, 0.3) is 0 Å². The van der Waals surface area contributed by atoms with Crippen molar-refractivity contribution >= 4 is 11.9 Å². The molecule has 0 saturated heterocycles. The Morgan fingerprint density at radius 2 is 0.480 bits per heavy atom. The van der Waals surface area contributed by atoms with Crippen molar-refractivity contribution in [2.45, 2.75) is 553 Å². The Hall–Kier alpha value is -1.40. The first-order valence-electron chi connectivity index (χ1n) is 45.9. The average Bonchev–Trinajstić information content (AvgIpc) is 2.56. The lowest BCUT2D eigenvalue weighted by Crippen LogP contribution is -2.45. The van der Waals surface area contributed by atoms with Gasteiger partial charge >= 0.3 is 5.97 Å². The summed E-state index contributed by atoms with van der Waals surface area (Å²) in [4.78, 5) is 24.7. The van der Waals surface area contributed by atoms with Gasteiger partial charge in [-0.15, -0.1) is 0 Å². The topological polar surface area (TPSA) is 95.9 Å². The number of unbranched alkanes of at least 4 members (excludes halogenated alkanes) is 75. The number of amides is 1. The van der Waals surface area contributed by atoms with Crippen molar-refractivity contribution in [3.63, 3.8) is 0 Å². The molecule has 0 aliphatic carbocycles. The van der Waals surface area contributed by atoms with Gasteiger partial charge in [-0.05, 0) is 51.4 Å². The average molecular weight is 1380 g/mol. The van der Waals surface area contributed by atoms with Crippen LogP contribution >= 0.6 is 0 Å². The van der Waals surface area contributed by atoms with Gasteiger partial charge in [-0.25, -0.2) is 0 Å². The van der Waals surface area contributed by atoms with Crippen LogP contribution in [0.3, 0.4) is 0 Å². The molecule has 0 rings (SSSR count). The van der Waals surface area contributed by atoms with Crippen molar-refractivity contribution in [2.75, 3.05) is 13.2 Å². The van der Waals surface area contributed by atoms with E-state index in [1.54, 1.807) is 0 Å². The molecule has 6 nitrogen and oxygen atoms in total. The van der Waals surface area contributed by atoms with Crippen LogP contribution in [0.2, 0.25) is 0 Å². The van der Waals surface area contributed by atoms with E-state index >= 15 is 0 Å². The molecule has 0 aliphatic rings. The van der Waals surface area contributed by atoms with Crippen molar-refractivity contribution in [1.82, 2.24) is 5.32 Å². The summed E-state index contributed by atoms with van der Waals surface area (Å²) in [5.74, 6) is 0.00481. The van der Waals surface area contributed by atoms with Gasteiger partial charge in [0.1, 0.15) is 0 Å². The van der Waals surface area contributed by atoms with Gasteiger partial charge in [-0.1, -0.05) is 488 Å². The molecule has 2 unspecified atom stereocenters. The quantitative estimate of drug-likeness (QED) is 0.0320. The molecule has 0 aliphatic heterocycles. The maximum absolute atomic E-state index is 12.6. The van der Waals surface area contributed by atoms with Gasteiger partial charge in [0, 0.05) is 12.8 Å². The number of carbonyl (C=O) groups excluding carboxylic acids is 2. The largest absolute Gasteiger partial charge is 0.466 e. The van der Waals surface area contributed by atoms with Gasteiger partial charge in [0.05, 0.1) is 25.4 Å². The number of hydrogen-bond donors (Lipinski definition) is 3. The minimum Gasteiger partial charge on any atom is -0.466 e. The second kappa shape index (κ2) is 88.0. The molecule has 0 spiro atoms. The van der Waals surface area contributed by atoms with Crippen molar-refractivity contribution < 1.29 is 24.5 Å². The summed E-state index contributed by atoms with van der Waals surface area (Å²) >= 11 is 0. The van der Waals surface area contributed by atoms with Crippen LogP contribution in [0.4, 0.5) is 0 Å². The van der Waals surface area contributed by atoms with Crippen molar-refractivity contribution in [2.24, 2.45) is 0 Å². The minimum atomic E-state index is -0.662. The van der Waals surface area contributed by atoms with Crippen molar-refractivity contribution in [1.29, 1.82) is 0 Å². The van der Waals surface area contributed by atoms with Crippen LogP contribution in [0.5, 0.6) is 0 Å². The third-order valence-electron chi connectivity index (χ3n) is 22.1. The number of ether oxygens (including phenoxy) is 1. The number of aliphatic hydroxyl groups is 2. The molecule has 0 fully saturated rings. The molecule has 3 N–H and O–H groups in total. The Morgan fingerprint density at radius 1 is 0.276 bits per heavy atom. The highest BCUT2D eigenvalue weighted by molar-refractivity contribution is 5.76. The number of rotatable bonds is 88. The van der Waals surface area contributed by atoms with E-state index in [9.17, 15) is 19.8 Å². The first-order chi connectivity index (χ1) is 48.5. The normalized spacial score (nSPS) is 12.4. The van der Waals surface area contributed by atoms with E-state index in [0.717, 1.165) is 38.5 Å². The zero-order valence-electron chi connectivity index (χ0n) is 67.3. The summed E-state index contributed by atoms with van der Waals surface area (Å²) in [5, 5.41) is 23.5. The Labute approximate surface area is 616 Å². The molecule has 2 atom stereocenters. The SMILES string of the molecule is CCCCCCCCCCCCCCCCCCCCCCCCCCC(O)C(CO)NC(=O)CCCCCCCCCCCCCCCCCCC/C=C\CCCCCCCCCCCCCCCCCCCCOC(=O)CCCCCCCCCCCCCCCCCCCC. The van der Waals surface area contributed by atoms with E-state index in [4.69, 9.17) is 4.74 Å². The highest BCUT2D eigenvalue weighted by atomic mass is 16.5. The zero-order chi connectivity index (χ0) is 70.5. The molecule has 1 amide bonds. The molecule has 98 heavy (non-hydrogen) atoms. The fourth-order valence-corrected chi connectivity index (χ4v) is 15.1. The van der Waals surface area contributed by atoms with E-state index in [1.807, 2.05) is 0 Å². The van der Waals surface area contributed by atoms with Gasteiger partial charge in [0.2, 0.25) is 5.91 Å². The fraction of sp³-hybridized carbons (Fsp3) is 0.957. The summed E-state index contributed by atoms with van der Waals surface area (Å²) in [7, 11) is 0. The molecule has 584 valence electrons. The molecule has 0 aromatic rings. The molecular formula is C92H181NO5. The third-order valence-corrected chi connectivity index (χ3v) is 22.1. The van der Waals surface area contributed by atoms with Crippen LogP contribution in [0.25, 0.3) is 0 Å². The first kappa shape index (κ1) is 96.6. The van der Waals surface area contributed by atoms with Crippen LogP contribution in [0.15, 0.2) is 12.2 Å². The lowest BCUT2D eigenvalue weighted by molar-refractivity contribution is -0.143. The summed E-state index contributed by atoms with van der Waals surface area (Å²) < 4.78 is 5.53. The summed E-state index contributed by atoms with van der Waals surface area (Å²) in [6.45, 7) is 5.03. The van der Waals surface area contributed by atoms with Crippen molar-refractivity contribution in [3.8, 4) is 0 Å². The Morgan fingerprint density at radius 3 is 0.724 bits per heavy atom. The van der Waals surface area contributed by atoms with Crippen LogP contribution in [0.1, 0.15) is 540 Å². The molecule has 6 heteroatoms. The molecule has 0 aromatic carbocycles. The number of aliphatic hydroxyl groups excluding tert-OH is 2. The van der Waals surface area contributed by atoms with Gasteiger partial charge in [0.15, 0.2) is 0 Å². The summed E-state index contributed by atoms with van der Waals surface area (Å²) in [5.41, 5.74) is 0. The first-order valence-corrected chi connectivity index (χ1v) is 45.9. The van der Waals surface area contributed by atoms with E-state index in [-0.39, 0.29) is 18.5 Å². The second-order valence-corrected chi connectivity index (χ2v) is 32.0. The molecule has 0 saturated carbocycles. The monoisotopic (exact) mass is 1380 g/mol. The number of allylic oxidation sites excluding steroid dienone is 2.